The van der Waals surface area contributed by atoms with E-state index in [2.05, 4.69) is 4.90 Å². The molecule has 1 saturated heterocycles. The first-order valence-electron chi connectivity index (χ1n) is 5.41. The van der Waals surface area contributed by atoms with Gasteiger partial charge in [-0.1, -0.05) is 0 Å². The van der Waals surface area contributed by atoms with E-state index < -0.39 is 0 Å². The number of anilines is 1. The van der Waals surface area contributed by atoms with Crippen LogP contribution in [0.25, 0.3) is 0 Å². The molecule has 1 N–H and O–H groups in total. The molecule has 0 saturated carbocycles. The molecule has 1 aromatic rings. The zero-order valence-corrected chi connectivity index (χ0v) is 8.69. The lowest BCUT2D eigenvalue weighted by Crippen LogP contribution is -2.36. The average Bonchev–Trinajstić information content (AvgIpc) is 2.30. The zero-order valence-electron chi connectivity index (χ0n) is 8.69. The molecule has 0 unspecified atom stereocenters. The van der Waals surface area contributed by atoms with E-state index in [1.807, 2.05) is 0 Å². The van der Waals surface area contributed by atoms with Gasteiger partial charge in [0.15, 0.2) is 0 Å². The van der Waals surface area contributed by atoms with Gasteiger partial charge >= 0.3 is 0 Å². The van der Waals surface area contributed by atoms with Crippen LogP contribution in [0.3, 0.4) is 0 Å². The molecule has 0 aliphatic carbocycles. The van der Waals surface area contributed by atoms with E-state index in [4.69, 9.17) is 5.11 Å². The van der Waals surface area contributed by atoms with Crippen molar-refractivity contribution in [1.82, 2.24) is 0 Å². The number of hydrogen-bond donors (Lipinski definition) is 1. The van der Waals surface area contributed by atoms with Gasteiger partial charge in [-0.05, 0) is 43.0 Å². The number of aliphatic hydroxyl groups excluding tert-OH is 1. The Kier molecular flexibility index (Phi) is 3.21. The van der Waals surface area contributed by atoms with E-state index in [0.717, 1.165) is 31.6 Å². The fourth-order valence-corrected chi connectivity index (χ4v) is 2.10. The van der Waals surface area contributed by atoms with Crippen molar-refractivity contribution in [2.45, 2.75) is 12.8 Å². The third-order valence-electron chi connectivity index (χ3n) is 2.97. The second kappa shape index (κ2) is 4.62. The van der Waals surface area contributed by atoms with E-state index in [9.17, 15) is 4.39 Å². The molecule has 1 atom stereocenters. The highest BCUT2D eigenvalue weighted by Crippen LogP contribution is 2.22. The van der Waals surface area contributed by atoms with Crippen LogP contribution in [0.1, 0.15) is 12.8 Å². The van der Waals surface area contributed by atoms with E-state index in [1.54, 1.807) is 12.1 Å². The molecule has 3 heteroatoms. The van der Waals surface area contributed by atoms with Gasteiger partial charge in [-0.2, -0.15) is 0 Å². The van der Waals surface area contributed by atoms with Gasteiger partial charge in [0.25, 0.3) is 0 Å². The van der Waals surface area contributed by atoms with Crippen LogP contribution >= 0.6 is 0 Å². The molecule has 0 aromatic heterocycles. The van der Waals surface area contributed by atoms with Gasteiger partial charge in [0.05, 0.1) is 0 Å². The lowest BCUT2D eigenvalue weighted by molar-refractivity contribution is 0.208. The van der Waals surface area contributed by atoms with Gasteiger partial charge in [-0.15, -0.1) is 0 Å². The van der Waals surface area contributed by atoms with Gasteiger partial charge < -0.3 is 10.0 Å². The summed E-state index contributed by atoms with van der Waals surface area (Å²) in [4.78, 5) is 2.21. The molecule has 15 heavy (non-hydrogen) atoms. The van der Waals surface area contributed by atoms with Crippen LogP contribution in [0.15, 0.2) is 24.3 Å². The standard InChI is InChI=1S/C12H16FNO/c13-11-3-5-12(6-4-11)14-7-1-2-10(8-14)9-15/h3-6,10,15H,1-2,7-9H2/t10-/m0/s1. The molecule has 0 bridgehead atoms. The van der Waals surface area contributed by atoms with Gasteiger partial charge in [-0.25, -0.2) is 4.39 Å². The molecule has 1 aromatic carbocycles. The molecule has 0 amide bonds. The number of hydrogen-bond acceptors (Lipinski definition) is 2. The Hall–Kier alpha value is -1.09. The van der Waals surface area contributed by atoms with Crippen LogP contribution in [-0.4, -0.2) is 24.8 Å². The molecular weight excluding hydrogens is 193 g/mol. The van der Waals surface area contributed by atoms with Crippen molar-refractivity contribution in [3.8, 4) is 0 Å². The predicted octanol–water partition coefficient (Wildman–Crippen LogP) is 2.03. The van der Waals surface area contributed by atoms with Crippen molar-refractivity contribution in [3.05, 3.63) is 30.1 Å². The molecular formula is C12H16FNO. The number of piperidine rings is 1. The summed E-state index contributed by atoms with van der Waals surface area (Å²) in [6, 6.07) is 6.57. The maximum atomic E-state index is 12.7. The first-order chi connectivity index (χ1) is 7.29. The molecule has 0 spiro atoms. The average molecular weight is 209 g/mol. The lowest BCUT2D eigenvalue weighted by atomic mass is 9.98. The van der Waals surface area contributed by atoms with Gasteiger partial charge in [0.2, 0.25) is 0 Å². The van der Waals surface area contributed by atoms with Crippen molar-refractivity contribution in [3.63, 3.8) is 0 Å². The van der Waals surface area contributed by atoms with E-state index >= 15 is 0 Å². The molecule has 1 heterocycles. The van der Waals surface area contributed by atoms with E-state index in [-0.39, 0.29) is 12.4 Å². The highest BCUT2D eigenvalue weighted by atomic mass is 19.1. The quantitative estimate of drug-likeness (QED) is 0.805. The highest BCUT2D eigenvalue weighted by Gasteiger charge is 2.19. The Morgan fingerprint density at radius 3 is 2.73 bits per heavy atom. The van der Waals surface area contributed by atoms with Gasteiger partial charge in [0, 0.05) is 25.4 Å². The molecule has 82 valence electrons. The molecule has 1 fully saturated rings. The van der Waals surface area contributed by atoms with Gasteiger partial charge in [-0.3, -0.25) is 0 Å². The molecule has 0 radical (unpaired) electrons. The summed E-state index contributed by atoms with van der Waals surface area (Å²) in [5.74, 6) is 0.165. The van der Waals surface area contributed by atoms with Crippen LogP contribution in [-0.2, 0) is 0 Å². The maximum Gasteiger partial charge on any atom is 0.123 e. The van der Waals surface area contributed by atoms with Crippen LogP contribution in [0.2, 0.25) is 0 Å². The fourth-order valence-electron chi connectivity index (χ4n) is 2.10. The second-order valence-electron chi connectivity index (χ2n) is 4.11. The van der Waals surface area contributed by atoms with Crippen LogP contribution < -0.4 is 4.90 Å². The number of rotatable bonds is 2. The Bertz CT molecular complexity index is 312. The number of benzene rings is 1. The maximum absolute atomic E-state index is 12.7. The summed E-state index contributed by atoms with van der Waals surface area (Å²) >= 11 is 0. The summed E-state index contributed by atoms with van der Waals surface area (Å²) in [5.41, 5.74) is 1.05. The van der Waals surface area contributed by atoms with Crippen LogP contribution in [0.4, 0.5) is 10.1 Å². The fraction of sp³-hybridized carbons (Fsp3) is 0.500. The number of halogens is 1. The summed E-state index contributed by atoms with van der Waals surface area (Å²) in [6.45, 7) is 2.13. The Morgan fingerprint density at radius 2 is 2.07 bits per heavy atom. The minimum absolute atomic E-state index is 0.200. The Balaban J connectivity index is 2.06. The third-order valence-corrected chi connectivity index (χ3v) is 2.97. The third kappa shape index (κ3) is 2.48. The Morgan fingerprint density at radius 1 is 1.33 bits per heavy atom. The molecule has 1 aliphatic rings. The minimum atomic E-state index is -0.200. The highest BCUT2D eigenvalue weighted by molar-refractivity contribution is 5.46. The Labute approximate surface area is 89.3 Å². The first kappa shape index (κ1) is 10.4. The predicted molar refractivity (Wildman–Crippen MR) is 58.4 cm³/mol. The van der Waals surface area contributed by atoms with E-state index in [1.165, 1.54) is 12.1 Å². The van der Waals surface area contributed by atoms with Crippen molar-refractivity contribution in [2.75, 3.05) is 24.6 Å². The normalized spacial score (nSPS) is 21.7. The first-order valence-corrected chi connectivity index (χ1v) is 5.41. The van der Waals surface area contributed by atoms with Crippen molar-refractivity contribution >= 4 is 5.69 Å². The number of nitrogens with zero attached hydrogens (tertiary/aromatic N) is 1. The summed E-state index contributed by atoms with van der Waals surface area (Å²) < 4.78 is 12.7. The van der Waals surface area contributed by atoms with E-state index in [0.29, 0.717) is 5.92 Å². The second-order valence-corrected chi connectivity index (χ2v) is 4.11. The van der Waals surface area contributed by atoms with Crippen molar-refractivity contribution < 1.29 is 9.50 Å². The van der Waals surface area contributed by atoms with Crippen molar-refractivity contribution in [2.24, 2.45) is 5.92 Å². The minimum Gasteiger partial charge on any atom is -0.396 e. The zero-order chi connectivity index (χ0) is 10.7. The topological polar surface area (TPSA) is 23.5 Å². The van der Waals surface area contributed by atoms with Gasteiger partial charge in [0.1, 0.15) is 5.82 Å². The molecule has 2 nitrogen and oxygen atoms in total. The number of aliphatic hydroxyl groups is 1. The molecule has 2 rings (SSSR count). The monoisotopic (exact) mass is 209 g/mol. The van der Waals surface area contributed by atoms with Crippen LogP contribution in [0, 0.1) is 11.7 Å². The molecule has 1 aliphatic heterocycles. The smallest absolute Gasteiger partial charge is 0.123 e. The SMILES string of the molecule is OC[C@H]1CCCN(c2ccc(F)cc2)C1. The van der Waals surface area contributed by atoms with Crippen LogP contribution in [0.5, 0.6) is 0 Å². The van der Waals surface area contributed by atoms with Crippen molar-refractivity contribution in [1.29, 1.82) is 0 Å². The summed E-state index contributed by atoms with van der Waals surface area (Å²) in [7, 11) is 0. The summed E-state index contributed by atoms with van der Waals surface area (Å²) in [5, 5.41) is 9.11. The summed E-state index contributed by atoms with van der Waals surface area (Å²) in [6.07, 6.45) is 2.19. The largest absolute Gasteiger partial charge is 0.396 e. The lowest BCUT2D eigenvalue weighted by Gasteiger charge is -2.33.